The van der Waals surface area contributed by atoms with Gasteiger partial charge in [-0.25, -0.2) is 4.98 Å². The van der Waals surface area contributed by atoms with E-state index in [9.17, 15) is 9.59 Å². The molecule has 0 radical (unpaired) electrons. The van der Waals surface area contributed by atoms with Crippen molar-refractivity contribution >= 4 is 5.91 Å². The van der Waals surface area contributed by atoms with E-state index < -0.39 is 5.56 Å². The first-order valence-electron chi connectivity index (χ1n) is 7.56. The van der Waals surface area contributed by atoms with E-state index in [4.69, 9.17) is 10.00 Å². The number of nitrogens with zero attached hydrogens (tertiary/aromatic N) is 4. The number of fused-ring (bicyclic) bond motifs is 1. The maximum atomic E-state index is 12.6. The van der Waals surface area contributed by atoms with E-state index in [0.29, 0.717) is 13.2 Å². The molecule has 2 atom stereocenters. The number of ether oxygens (including phenoxy) is 1. The van der Waals surface area contributed by atoms with E-state index in [1.54, 1.807) is 6.07 Å². The molecule has 1 aliphatic carbocycles. The highest BCUT2D eigenvalue weighted by Gasteiger charge is 2.36. The minimum Gasteiger partial charge on any atom is -0.374 e. The zero-order valence-corrected chi connectivity index (χ0v) is 12.3. The molecule has 1 aromatic rings. The summed E-state index contributed by atoms with van der Waals surface area (Å²) in [6.45, 7) is 1.02. The molecule has 22 heavy (non-hydrogen) atoms. The lowest BCUT2D eigenvalue weighted by atomic mass is 9.90. The molecule has 7 heteroatoms. The first-order chi connectivity index (χ1) is 10.7. The van der Waals surface area contributed by atoms with Gasteiger partial charge in [-0.05, 0) is 12.8 Å². The molecule has 2 aliphatic rings. The van der Waals surface area contributed by atoms with Gasteiger partial charge >= 0.3 is 0 Å². The van der Waals surface area contributed by atoms with Crippen LogP contribution < -0.4 is 5.56 Å². The molecule has 1 aromatic heterocycles. The van der Waals surface area contributed by atoms with Crippen molar-refractivity contribution in [3.05, 3.63) is 28.4 Å². The van der Waals surface area contributed by atoms with Crippen molar-refractivity contribution in [3.8, 4) is 6.07 Å². The summed E-state index contributed by atoms with van der Waals surface area (Å²) in [6, 6.07) is 1.90. The van der Waals surface area contributed by atoms with Crippen LogP contribution >= 0.6 is 0 Å². The van der Waals surface area contributed by atoms with Gasteiger partial charge < -0.3 is 9.64 Å². The molecule has 2 unspecified atom stereocenters. The number of morpholine rings is 1. The summed E-state index contributed by atoms with van der Waals surface area (Å²) >= 11 is 0. The van der Waals surface area contributed by atoms with Crippen LogP contribution in [0.3, 0.4) is 0 Å². The predicted octanol–water partition coefficient (Wildman–Crippen LogP) is 0.285. The Balaban J connectivity index is 1.77. The number of aromatic nitrogens is 2. The molecule has 2 heterocycles. The van der Waals surface area contributed by atoms with Crippen LogP contribution in [0.5, 0.6) is 0 Å². The third kappa shape index (κ3) is 2.74. The minimum atomic E-state index is -0.473. The van der Waals surface area contributed by atoms with Crippen molar-refractivity contribution in [2.45, 2.75) is 44.4 Å². The first kappa shape index (κ1) is 14.7. The summed E-state index contributed by atoms with van der Waals surface area (Å²) in [5.41, 5.74) is -0.521. The van der Waals surface area contributed by atoms with Gasteiger partial charge in [-0.15, -0.1) is 0 Å². The quantitative estimate of drug-likeness (QED) is 0.783. The highest BCUT2D eigenvalue weighted by molar-refractivity contribution is 5.76. The van der Waals surface area contributed by atoms with Gasteiger partial charge in [-0.3, -0.25) is 14.2 Å². The number of amides is 1. The van der Waals surface area contributed by atoms with Crippen LogP contribution in [0.15, 0.2) is 17.3 Å². The minimum absolute atomic E-state index is 0.0483. The van der Waals surface area contributed by atoms with E-state index in [2.05, 4.69) is 4.98 Å². The molecule has 1 saturated carbocycles. The summed E-state index contributed by atoms with van der Waals surface area (Å²) in [7, 11) is 0. The first-order valence-corrected chi connectivity index (χ1v) is 7.56. The second-order valence-electron chi connectivity index (χ2n) is 5.70. The Morgan fingerprint density at radius 2 is 2.27 bits per heavy atom. The van der Waals surface area contributed by atoms with Gasteiger partial charge in [0.05, 0.1) is 31.3 Å². The van der Waals surface area contributed by atoms with E-state index >= 15 is 0 Å². The fourth-order valence-corrected chi connectivity index (χ4v) is 3.28. The zero-order valence-electron chi connectivity index (χ0n) is 12.3. The number of carbonyl (C=O) groups excluding carboxylic acids is 1. The van der Waals surface area contributed by atoms with Gasteiger partial charge in [0, 0.05) is 6.54 Å². The average molecular weight is 302 g/mol. The molecular weight excluding hydrogens is 284 g/mol. The van der Waals surface area contributed by atoms with Gasteiger partial charge in [0.15, 0.2) is 0 Å². The Hall–Kier alpha value is -2.20. The summed E-state index contributed by atoms with van der Waals surface area (Å²) in [4.78, 5) is 30.3. The number of rotatable bonds is 2. The zero-order chi connectivity index (χ0) is 15.5. The smallest absolute Gasteiger partial charge is 0.271 e. The van der Waals surface area contributed by atoms with Gasteiger partial charge in [-0.1, -0.05) is 12.8 Å². The monoisotopic (exact) mass is 302 g/mol. The van der Waals surface area contributed by atoms with Crippen LogP contribution in [-0.2, 0) is 16.1 Å². The molecule has 116 valence electrons. The lowest BCUT2D eigenvalue weighted by Crippen LogP contribution is -2.55. The van der Waals surface area contributed by atoms with E-state index in [-0.39, 0.29) is 30.2 Å². The molecule has 0 bridgehead atoms. The maximum absolute atomic E-state index is 12.6. The van der Waals surface area contributed by atoms with Gasteiger partial charge in [-0.2, -0.15) is 5.26 Å². The summed E-state index contributed by atoms with van der Waals surface area (Å²) in [5.74, 6) is -0.112. The van der Waals surface area contributed by atoms with Crippen molar-refractivity contribution in [1.29, 1.82) is 5.26 Å². The largest absolute Gasteiger partial charge is 0.374 e. The molecular formula is C15H18N4O3. The fraction of sp³-hybridized carbons (Fsp3) is 0.600. The van der Waals surface area contributed by atoms with Crippen molar-refractivity contribution in [2.75, 3.05) is 13.2 Å². The van der Waals surface area contributed by atoms with E-state index in [0.717, 1.165) is 25.7 Å². The van der Waals surface area contributed by atoms with Gasteiger partial charge in [0.1, 0.15) is 18.2 Å². The SMILES string of the molecule is N#Cc1cncn(CC(=O)N2CCOC3CCCCC32)c1=O. The Morgan fingerprint density at radius 1 is 1.45 bits per heavy atom. The molecule has 7 nitrogen and oxygen atoms in total. The molecule has 1 aliphatic heterocycles. The molecule has 1 amide bonds. The van der Waals surface area contributed by atoms with Crippen LogP contribution in [0.1, 0.15) is 31.2 Å². The number of carbonyl (C=O) groups is 1. The van der Waals surface area contributed by atoms with Gasteiger partial charge in [0.2, 0.25) is 5.91 Å². The van der Waals surface area contributed by atoms with Crippen LogP contribution in [0, 0.1) is 11.3 Å². The van der Waals surface area contributed by atoms with E-state index in [1.807, 2.05) is 4.90 Å². The third-order valence-corrected chi connectivity index (χ3v) is 4.38. The Labute approximate surface area is 128 Å². The Bertz CT molecular complexity index is 661. The summed E-state index contributed by atoms with van der Waals surface area (Å²) < 4.78 is 6.96. The topological polar surface area (TPSA) is 88.2 Å². The van der Waals surface area contributed by atoms with Crippen molar-refractivity contribution in [2.24, 2.45) is 0 Å². The molecule has 3 rings (SSSR count). The molecule has 0 spiro atoms. The van der Waals surface area contributed by atoms with Crippen LogP contribution in [0.2, 0.25) is 0 Å². The second kappa shape index (κ2) is 6.28. The lowest BCUT2D eigenvalue weighted by Gasteiger charge is -2.43. The van der Waals surface area contributed by atoms with Crippen molar-refractivity contribution in [3.63, 3.8) is 0 Å². The molecule has 0 N–H and O–H groups in total. The molecule has 1 saturated heterocycles. The Kier molecular flexibility index (Phi) is 4.20. The van der Waals surface area contributed by atoms with Gasteiger partial charge in [0.25, 0.3) is 5.56 Å². The van der Waals surface area contributed by atoms with Crippen molar-refractivity contribution in [1.82, 2.24) is 14.5 Å². The standard InChI is InChI=1S/C15H18N4O3/c16-7-11-8-17-10-18(15(11)21)9-14(20)19-5-6-22-13-4-2-1-3-12(13)19/h8,10,12-13H,1-6,9H2. The molecule has 2 fully saturated rings. The normalized spacial score (nSPS) is 24.4. The molecule has 0 aromatic carbocycles. The number of nitriles is 1. The second-order valence-corrected chi connectivity index (χ2v) is 5.70. The average Bonchev–Trinajstić information content (AvgIpc) is 2.56. The van der Waals surface area contributed by atoms with Crippen LogP contribution in [-0.4, -0.2) is 45.7 Å². The predicted molar refractivity (Wildman–Crippen MR) is 76.9 cm³/mol. The van der Waals surface area contributed by atoms with Crippen LogP contribution in [0.4, 0.5) is 0 Å². The third-order valence-electron chi connectivity index (χ3n) is 4.38. The van der Waals surface area contributed by atoms with Crippen molar-refractivity contribution < 1.29 is 9.53 Å². The van der Waals surface area contributed by atoms with Crippen LogP contribution in [0.25, 0.3) is 0 Å². The highest BCUT2D eigenvalue weighted by atomic mass is 16.5. The fourth-order valence-electron chi connectivity index (χ4n) is 3.28. The lowest BCUT2D eigenvalue weighted by molar-refractivity contribution is -0.150. The van der Waals surface area contributed by atoms with E-state index in [1.165, 1.54) is 17.1 Å². The Morgan fingerprint density at radius 3 is 3.09 bits per heavy atom. The number of hydrogen-bond acceptors (Lipinski definition) is 5. The maximum Gasteiger partial charge on any atom is 0.271 e. The summed E-state index contributed by atoms with van der Waals surface area (Å²) in [5, 5.41) is 8.86. The number of hydrogen-bond donors (Lipinski definition) is 0. The summed E-state index contributed by atoms with van der Waals surface area (Å²) in [6.07, 6.45) is 6.81. The highest BCUT2D eigenvalue weighted by Crippen LogP contribution is 2.28.